The number of piperidine rings is 1. The summed E-state index contributed by atoms with van der Waals surface area (Å²) >= 11 is 1.59. The lowest BCUT2D eigenvalue weighted by molar-refractivity contribution is 0.0125. The number of carbonyl (C=O) groups excluding carboxylic acids is 1. The van der Waals surface area contributed by atoms with Gasteiger partial charge in [-0.1, -0.05) is 11.8 Å². The first kappa shape index (κ1) is 16.1. The van der Waals surface area contributed by atoms with E-state index in [9.17, 15) is 4.79 Å². The van der Waals surface area contributed by atoms with Crippen molar-refractivity contribution in [3.63, 3.8) is 0 Å². The second-order valence-corrected chi connectivity index (χ2v) is 7.15. The SMILES string of the molecule is CC(C)(C)OC(=O)N1CCCC[C@H]1CSc1ncccn1. The molecule has 1 fully saturated rings. The molecule has 0 aromatic carbocycles. The van der Waals surface area contributed by atoms with Crippen LogP contribution in [0.1, 0.15) is 40.0 Å². The Labute approximate surface area is 130 Å². The number of rotatable bonds is 3. The van der Waals surface area contributed by atoms with E-state index in [2.05, 4.69) is 9.97 Å². The van der Waals surface area contributed by atoms with E-state index >= 15 is 0 Å². The van der Waals surface area contributed by atoms with E-state index in [1.165, 1.54) is 0 Å². The van der Waals surface area contributed by atoms with E-state index in [1.807, 2.05) is 25.7 Å². The van der Waals surface area contributed by atoms with Crippen molar-refractivity contribution >= 4 is 17.9 Å². The van der Waals surface area contributed by atoms with Crippen molar-refractivity contribution in [2.24, 2.45) is 0 Å². The van der Waals surface area contributed by atoms with Gasteiger partial charge in [-0.25, -0.2) is 14.8 Å². The second kappa shape index (κ2) is 7.11. The minimum absolute atomic E-state index is 0.197. The molecular weight excluding hydrogens is 286 g/mol. The fourth-order valence-corrected chi connectivity index (χ4v) is 3.22. The van der Waals surface area contributed by atoms with Crippen LogP contribution in [0.2, 0.25) is 0 Å². The molecule has 116 valence electrons. The summed E-state index contributed by atoms with van der Waals surface area (Å²) in [5.41, 5.74) is -0.450. The standard InChI is InChI=1S/C15H23N3O2S/c1-15(2,3)20-14(19)18-10-5-4-7-12(18)11-21-13-16-8-6-9-17-13/h6,8-9,12H,4-5,7,10-11H2,1-3H3/t12-/m0/s1. The Morgan fingerprint density at radius 1 is 1.38 bits per heavy atom. The third-order valence-corrected chi connectivity index (χ3v) is 4.22. The highest BCUT2D eigenvalue weighted by Crippen LogP contribution is 2.25. The van der Waals surface area contributed by atoms with Crippen LogP contribution in [0.4, 0.5) is 4.79 Å². The van der Waals surface area contributed by atoms with Crippen molar-refractivity contribution < 1.29 is 9.53 Å². The van der Waals surface area contributed by atoms with Crippen molar-refractivity contribution in [1.29, 1.82) is 0 Å². The van der Waals surface area contributed by atoms with E-state index in [1.54, 1.807) is 30.2 Å². The number of likely N-dealkylation sites (tertiary alicyclic amines) is 1. The Morgan fingerprint density at radius 2 is 2.10 bits per heavy atom. The van der Waals surface area contributed by atoms with Crippen LogP contribution in [0.5, 0.6) is 0 Å². The lowest BCUT2D eigenvalue weighted by atomic mass is 10.0. The van der Waals surface area contributed by atoms with Crippen LogP contribution in [0.15, 0.2) is 23.6 Å². The molecule has 0 saturated carbocycles. The summed E-state index contributed by atoms with van der Waals surface area (Å²) in [7, 11) is 0. The zero-order chi connectivity index (χ0) is 15.3. The van der Waals surface area contributed by atoms with Gasteiger partial charge in [0.1, 0.15) is 5.60 Å². The summed E-state index contributed by atoms with van der Waals surface area (Å²) in [6, 6.07) is 2.00. The molecule has 21 heavy (non-hydrogen) atoms. The molecule has 1 aliphatic heterocycles. The van der Waals surface area contributed by atoms with Gasteiger partial charge in [0.25, 0.3) is 0 Å². The van der Waals surface area contributed by atoms with Gasteiger partial charge in [-0.05, 0) is 46.1 Å². The monoisotopic (exact) mass is 309 g/mol. The van der Waals surface area contributed by atoms with Crippen molar-refractivity contribution in [3.8, 4) is 0 Å². The fourth-order valence-electron chi connectivity index (χ4n) is 2.27. The largest absolute Gasteiger partial charge is 0.444 e. The van der Waals surface area contributed by atoms with Crippen LogP contribution in [0.25, 0.3) is 0 Å². The summed E-state index contributed by atoms with van der Waals surface area (Å²) in [5, 5.41) is 0.757. The smallest absolute Gasteiger partial charge is 0.410 e. The molecule has 0 spiro atoms. The third kappa shape index (κ3) is 5.19. The number of aromatic nitrogens is 2. The van der Waals surface area contributed by atoms with Crippen molar-refractivity contribution in [3.05, 3.63) is 18.5 Å². The molecule has 1 saturated heterocycles. The van der Waals surface area contributed by atoms with Gasteiger partial charge >= 0.3 is 6.09 Å². The second-order valence-electron chi connectivity index (χ2n) is 6.17. The number of thioether (sulfide) groups is 1. The van der Waals surface area contributed by atoms with Gasteiger partial charge in [-0.3, -0.25) is 0 Å². The molecule has 0 N–H and O–H groups in total. The van der Waals surface area contributed by atoms with Gasteiger partial charge in [-0.2, -0.15) is 0 Å². The van der Waals surface area contributed by atoms with Gasteiger partial charge < -0.3 is 9.64 Å². The number of carbonyl (C=O) groups is 1. The first-order valence-electron chi connectivity index (χ1n) is 7.35. The molecular formula is C15H23N3O2S. The highest BCUT2D eigenvalue weighted by Gasteiger charge is 2.30. The molecule has 1 aliphatic rings. The topological polar surface area (TPSA) is 55.3 Å². The minimum Gasteiger partial charge on any atom is -0.444 e. The van der Waals surface area contributed by atoms with Crippen LogP contribution >= 0.6 is 11.8 Å². The van der Waals surface area contributed by atoms with Gasteiger partial charge in [0.2, 0.25) is 0 Å². The summed E-state index contributed by atoms with van der Waals surface area (Å²) in [6.45, 7) is 6.47. The number of amides is 1. The van der Waals surface area contributed by atoms with Crippen LogP contribution in [0.3, 0.4) is 0 Å². The predicted octanol–water partition coefficient (Wildman–Crippen LogP) is 3.36. The highest BCUT2D eigenvalue weighted by molar-refractivity contribution is 7.99. The lowest BCUT2D eigenvalue weighted by Crippen LogP contribution is -2.47. The summed E-state index contributed by atoms with van der Waals surface area (Å²) < 4.78 is 5.51. The maximum absolute atomic E-state index is 12.3. The number of hydrogen-bond acceptors (Lipinski definition) is 5. The average molecular weight is 309 g/mol. The Morgan fingerprint density at radius 3 is 2.76 bits per heavy atom. The fraction of sp³-hybridized carbons (Fsp3) is 0.667. The molecule has 0 unspecified atom stereocenters. The molecule has 0 aliphatic carbocycles. The molecule has 2 heterocycles. The minimum atomic E-state index is -0.450. The Hall–Kier alpha value is -1.30. The van der Waals surface area contributed by atoms with E-state index in [4.69, 9.17) is 4.74 Å². The lowest BCUT2D eigenvalue weighted by Gasteiger charge is -2.36. The Balaban J connectivity index is 1.94. The molecule has 2 rings (SSSR count). The normalized spacial score (nSPS) is 19.4. The maximum atomic E-state index is 12.3. The van der Waals surface area contributed by atoms with E-state index in [-0.39, 0.29) is 12.1 Å². The van der Waals surface area contributed by atoms with Gasteiger partial charge in [0.15, 0.2) is 5.16 Å². The highest BCUT2D eigenvalue weighted by atomic mass is 32.2. The zero-order valence-electron chi connectivity index (χ0n) is 12.9. The first-order valence-corrected chi connectivity index (χ1v) is 8.34. The van der Waals surface area contributed by atoms with Crippen molar-refractivity contribution in [1.82, 2.24) is 14.9 Å². The van der Waals surface area contributed by atoms with E-state index < -0.39 is 5.60 Å². The zero-order valence-corrected chi connectivity index (χ0v) is 13.7. The van der Waals surface area contributed by atoms with E-state index in [0.717, 1.165) is 36.7 Å². The number of hydrogen-bond donors (Lipinski definition) is 0. The van der Waals surface area contributed by atoms with Crippen LogP contribution < -0.4 is 0 Å². The van der Waals surface area contributed by atoms with Gasteiger partial charge in [-0.15, -0.1) is 0 Å². The van der Waals surface area contributed by atoms with E-state index in [0.29, 0.717) is 0 Å². The van der Waals surface area contributed by atoms with Crippen molar-refractivity contribution in [2.45, 2.75) is 56.8 Å². The van der Waals surface area contributed by atoms with Crippen LogP contribution in [-0.4, -0.2) is 44.9 Å². The number of ether oxygens (including phenoxy) is 1. The van der Waals surface area contributed by atoms with Crippen molar-refractivity contribution in [2.75, 3.05) is 12.3 Å². The molecule has 5 nitrogen and oxygen atoms in total. The van der Waals surface area contributed by atoms with Gasteiger partial charge in [0, 0.05) is 30.7 Å². The molecule has 1 aromatic heterocycles. The van der Waals surface area contributed by atoms with Crippen LogP contribution in [-0.2, 0) is 4.74 Å². The molecule has 6 heteroatoms. The molecule has 1 atom stereocenters. The predicted molar refractivity (Wildman–Crippen MR) is 83.3 cm³/mol. The quantitative estimate of drug-likeness (QED) is 0.633. The maximum Gasteiger partial charge on any atom is 0.410 e. The summed E-state index contributed by atoms with van der Waals surface area (Å²) in [6.07, 6.45) is 6.48. The Bertz CT molecular complexity index is 462. The average Bonchev–Trinajstić information content (AvgIpc) is 2.45. The molecule has 1 amide bonds. The third-order valence-electron chi connectivity index (χ3n) is 3.20. The Kier molecular flexibility index (Phi) is 5.45. The number of nitrogens with zero attached hydrogens (tertiary/aromatic N) is 3. The molecule has 1 aromatic rings. The van der Waals surface area contributed by atoms with Crippen LogP contribution in [0, 0.1) is 0 Å². The summed E-state index contributed by atoms with van der Waals surface area (Å²) in [4.78, 5) is 22.6. The molecule has 0 radical (unpaired) electrons. The summed E-state index contributed by atoms with van der Waals surface area (Å²) in [5.74, 6) is 0.809. The first-order chi connectivity index (χ1) is 9.96. The van der Waals surface area contributed by atoms with Gasteiger partial charge in [0.05, 0.1) is 0 Å². The molecule has 0 bridgehead atoms.